The standard InChI is InChI=1S/C12H14O/c1-4-10(2)13-11(3)12-8-6-5-7-9-12/h4-10H,1,3H2,2H3. The molecule has 1 atom stereocenters. The van der Waals surface area contributed by atoms with Crippen LogP contribution in [0.1, 0.15) is 12.5 Å². The quantitative estimate of drug-likeness (QED) is 0.503. The van der Waals surface area contributed by atoms with E-state index in [2.05, 4.69) is 13.2 Å². The molecule has 0 bridgehead atoms. The summed E-state index contributed by atoms with van der Waals surface area (Å²) in [7, 11) is 0. The molecule has 0 saturated carbocycles. The van der Waals surface area contributed by atoms with Crippen molar-refractivity contribution >= 4 is 5.76 Å². The highest BCUT2D eigenvalue weighted by Gasteiger charge is 2.01. The van der Waals surface area contributed by atoms with Gasteiger partial charge in [-0.1, -0.05) is 49.6 Å². The maximum absolute atomic E-state index is 5.47. The second-order valence-electron chi connectivity index (χ2n) is 2.85. The summed E-state index contributed by atoms with van der Waals surface area (Å²) in [4.78, 5) is 0. The van der Waals surface area contributed by atoms with Gasteiger partial charge in [0.1, 0.15) is 11.9 Å². The van der Waals surface area contributed by atoms with Crippen molar-refractivity contribution in [1.29, 1.82) is 0 Å². The fraction of sp³-hybridized carbons (Fsp3) is 0.167. The molecule has 1 unspecified atom stereocenters. The van der Waals surface area contributed by atoms with Crippen molar-refractivity contribution in [3.05, 3.63) is 55.1 Å². The van der Waals surface area contributed by atoms with Crippen molar-refractivity contribution in [3.63, 3.8) is 0 Å². The molecule has 0 aliphatic heterocycles. The molecule has 0 aliphatic carbocycles. The van der Waals surface area contributed by atoms with Crippen LogP contribution >= 0.6 is 0 Å². The van der Waals surface area contributed by atoms with Crippen LogP contribution in [0.5, 0.6) is 0 Å². The Labute approximate surface area is 79.4 Å². The Balaban J connectivity index is 2.64. The number of rotatable bonds is 4. The van der Waals surface area contributed by atoms with E-state index in [0.29, 0.717) is 5.76 Å². The third-order valence-electron chi connectivity index (χ3n) is 1.76. The number of hydrogen-bond acceptors (Lipinski definition) is 1. The lowest BCUT2D eigenvalue weighted by atomic mass is 10.2. The predicted octanol–water partition coefficient (Wildman–Crippen LogP) is 3.25. The maximum Gasteiger partial charge on any atom is 0.120 e. The van der Waals surface area contributed by atoms with E-state index in [4.69, 9.17) is 4.74 Å². The molecule has 1 aromatic rings. The Bertz CT molecular complexity index is 287. The summed E-state index contributed by atoms with van der Waals surface area (Å²) < 4.78 is 5.47. The van der Waals surface area contributed by atoms with E-state index in [1.165, 1.54) is 0 Å². The van der Waals surface area contributed by atoms with Crippen LogP contribution in [-0.2, 0) is 4.74 Å². The summed E-state index contributed by atoms with van der Waals surface area (Å²) in [5, 5.41) is 0. The molecule has 0 spiro atoms. The molecule has 1 aromatic carbocycles. The van der Waals surface area contributed by atoms with Crippen LogP contribution in [0.2, 0.25) is 0 Å². The zero-order valence-corrected chi connectivity index (χ0v) is 7.86. The molecule has 13 heavy (non-hydrogen) atoms. The molecular weight excluding hydrogens is 160 g/mol. The van der Waals surface area contributed by atoms with Crippen molar-refractivity contribution in [2.24, 2.45) is 0 Å². The summed E-state index contributed by atoms with van der Waals surface area (Å²) in [6, 6.07) is 9.83. The first-order valence-corrected chi connectivity index (χ1v) is 4.27. The van der Waals surface area contributed by atoms with Crippen LogP contribution in [-0.4, -0.2) is 6.10 Å². The third-order valence-corrected chi connectivity index (χ3v) is 1.76. The molecule has 0 aliphatic rings. The van der Waals surface area contributed by atoms with Gasteiger partial charge in [-0.2, -0.15) is 0 Å². The van der Waals surface area contributed by atoms with Crippen LogP contribution in [0.3, 0.4) is 0 Å². The van der Waals surface area contributed by atoms with E-state index >= 15 is 0 Å². The number of hydrogen-bond donors (Lipinski definition) is 0. The van der Waals surface area contributed by atoms with Crippen LogP contribution in [0.25, 0.3) is 5.76 Å². The monoisotopic (exact) mass is 174 g/mol. The fourth-order valence-corrected chi connectivity index (χ4v) is 0.965. The molecule has 1 nitrogen and oxygen atoms in total. The molecule has 0 amide bonds. The van der Waals surface area contributed by atoms with E-state index in [9.17, 15) is 0 Å². The average molecular weight is 174 g/mol. The molecule has 0 heterocycles. The van der Waals surface area contributed by atoms with Gasteiger partial charge in [-0.05, 0) is 6.92 Å². The minimum absolute atomic E-state index is 0.00714. The Kier molecular flexibility index (Phi) is 3.32. The smallest absolute Gasteiger partial charge is 0.120 e. The Morgan fingerprint density at radius 2 is 2.00 bits per heavy atom. The van der Waals surface area contributed by atoms with Crippen molar-refractivity contribution in [2.75, 3.05) is 0 Å². The van der Waals surface area contributed by atoms with E-state index in [0.717, 1.165) is 5.56 Å². The van der Waals surface area contributed by atoms with Gasteiger partial charge in [-0.25, -0.2) is 0 Å². The molecule has 0 radical (unpaired) electrons. The summed E-state index contributed by atoms with van der Waals surface area (Å²) >= 11 is 0. The average Bonchev–Trinajstić information content (AvgIpc) is 2.19. The molecule has 0 aromatic heterocycles. The first kappa shape index (κ1) is 9.59. The lowest BCUT2D eigenvalue weighted by Crippen LogP contribution is -2.02. The maximum atomic E-state index is 5.47. The second kappa shape index (κ2) is 4.51. The molecule has 0 fully saturated rings. The van der Waals surface area contributed by atoms with Gasteiger partial charge in [0, 0.05) is 5.56 Å². The molecule has 0 N–H and O–H groups in total. The van der Waals surface area contributed by atoms with Crippen molar-refractivity contribution in [3.8, 4) is 0 Å². The van der Waals surface area contributed by atoms with Crippen LogP contribution in [0.4, 0.5) is 0 Å². The highest BCUT2D eigenvalue weighted by molar-refractivity contribution is 5.57. The Morgan fingerprint density at radius 1 is 1.38 bits per heavy atom. The highest BCUT2D eigenvalue weighted by Crippen LogP contribution is 2.14. The second-order valence-corrected chi connectivity index (χ2v) is 2.85. The Morgan fingerprint density at radius 3 is 2.54 bits per heavy atom. The topological polar surface area (TPSA) is 9.23 Å². The minimum Gasteiger partial charge on any atom is -0.487 e. The summed E-state index contributed by atoms with van der Waals surface area (Å²) in [5.74, 6) is 0.688. The van der Waals surface area contributed by atoms with Crippen molar-refractivity contribution in [2.45, 2.75) is 13.0 Å². The van der Waals surface area contributed by atoms with E-state index in [1.54, 1.807) is 6.08 Å². The molecule has 1 rings (SSSR count). The van der Waals surface area contributed by atoms with Gasteiger partial charge in [-0.3, -0.25) is 0 Å². The van der Waals surface area contributed by atoms with E-state index in [1.807, 2.05) is 37.3 Å². The zero-order valence-electron chi connectivity index (χ0n) is 7.86. The predicted molar refractivity (Wildman–Crippen MR) is 56.2 cm³/mol. The highest BCUT2D eigenvalue weighted by atomic mass is 16.5. The summed E-state index contributed by atoms with van der Waals surface area (Å²) in [6.45, 7) is 9.42. The number of ether oxygens (including phenoxy) is 1. The lowest BCUT2D eigenvalue weighted by molar-refractivity contribution is 0.231. The molecule has 0 saturated heterocycles. The van der Waals surface area contributed by atoms with E-state index in [-0.39, 0.29) is 6.10 Å². The minimum atomic E-state index is 0.00714. The van der Waals surface area contributed by atoms with Gasteiger partial charge >= 0.3 is 0 Å². The molecular formula is C12H14O. The SMILES string of the molecule is C=CC(C)OC(=C)c1ccccc1. The van der Waals surface area contributed by atoms with Gasteiger partial charge in [0.25, 0.3) is 0 Å². The fourth-order valence-electron chi connectivity index (χ4n) is 0.965. The lowest BCUT2D eigenvalue weighted by Gasteiger charge is -2.12. The molecule has 68 valence electrons. The number of benzene rings is 1. The van der Waals surface area contributed by atoms with Crippen molar-refractivity contribution < 1.29 is 4.74 Å². The Hall–Kier alpha value is -1.50. The van der Waals surface area contributed by atoms with Crippen molar-refractivity contribution in [1.82, 2.24) is 0 Å². The van der Waals surface area contributed by atoms with Gasteiger partial charge in [0.05, 0.1) is 0 Å². The van der Waals surface area contributed by atoms with Crippen LogP contribution in [0, 0.1) is 0 Å². The van der Waals surface area contributed by atoms with Crippen LogP contribution in [0.15, 0.2) is 49.6 Å². The van der Waals surface area contributed by atoms with Gasteiger partial charge in [0.15, 0.2) is 0 Å². The summed E-state index contributed by atoms with van der Waals surface area (Å²) in [6.07, 6.45) is 1.75. The third kappa shape index (κ3) is 2.79. The first-order valence-electron chi connectivity index (χ1n) is 4.27. The normalized spacial score (nSPS) is 11.8. The van der Waals surface area contributed by atoms with Gasteiger partial charge in [-0.15, -0.1) is 0 Å². The van der Waals surface area contributed by atoms with Gasteiger partial charge in [0.2, 0.25) is 0 Å². The van der Waals surface area contributed by atoms with Crippen LogP contribution < -0.4 is 0 Å². The summed E-state index contributed by atoms with van der Waals surface area (Å²) in [5.41, 5.74) is 1.01. The first-order chi connectivity index (χ1) is 6.24. The van der Waals surface area contributed by atoms with Gasteiger partial charge < -0.3 is 4.74 Å². The van der Waals surface area contributed by atoms with E-state index < -0.39 is 0 Å². The molecule has 1 heteroatoms. The largest absolute Gasteiger partial charge is 0.487 e. The zero-order chi connectivity index (χ0) is 9.68.